The molecule has 0 unspecified atom stereocenters. The monoisotopic (exact) mass is 337 g/mol. The van der Waals surface area contributed by atoms with Crippen LogP contribution in [0.5, 0.6) is 5.88 Å². The van der Waals surface area contributed by atoms with Crippen molar-refractivity contribution in [1.82, 2.24) is 4.98 Å². The lowest BCUT2D eigenvalue weighted by molar-refractivity contribution is 0.398. The second kappa shape index (κ2) is 5.99. The molecule has 0 bridgehead atoms. The van der Waals surface area contributed by atoms with Crippen LogP contribution in [0, 0.1) is 0 Å². The highest BCUT2D eigenvalue weighted by Crippen LogP contribution is 2.24. The second-order valence-electron chi connectivity index (χ2n) is 3.77. The molecule has 0 saturated heterocycles. The third kappa shape index (κ3) is 3.42. The van der Waals surface area contributed by atoms with Gasteiger partial charge in [-0.25, -0.2) is 4.98 Å². The van der Waals surface area contributed by atoms with Gasteiger partial charge < -0.3 is 15.8 Å². The van der Waals surface area contributed by atoms with Crippen LogP contribution in [0.25, 0.3) is 0 Å². The summed E-state index contributed by atoms with van der Waals surface area (Å²) in [5, 5.41) is 3.23. The third-order valence-corrected chi connectivity index (χ3v) is 3.34. The van der Waals surface area contributed by atoms with Crippen molar-refractivity contribution in [2.24, 2.45) is 5.73 Å². The van der Waals surface area contributed by atoms with E-state index in [9.17, 15) is 0 Å². The van der Waals surface area contributed by atoms with Crippen LogP contribution in [0.4, 0.5) is 11.4 Å². The Morgan fingerprint density at radius 1 is 1.32 bits per heavy atom. The number of hydrogen-bond donors (Lipinski definition) is 2. The van der Waals surface area contributed by atoms with Gasteiger partial charge in [0.05, 0.1) is 19.0 Å². The number of nitrogens with two attached hydrogens (primary N) is 1. The quantitative estimate of drug-likeness (QED) is 0.838. The number of nitrogens with zero attached hydrogens (tertiary/aromatic N) is 1. The highest BCUT2D eigenvalue weighted by atomic mass is 79.9. The summed E-state index contributed by atoms with van der Waals surface area (Å²) in [6.07, 6.45) is 1.70. The standard InChI is InChI=1S/C13H12BrN3OS/c1-18-12-5-3-9(7-16-12)17-8-2-4-10(13(15)19)11(14)6-8/h2-7,17H,1H3,(H2,15,19). The minimum Gasteiger partial charge on any atom is -0.481 e. The molecule has 98 valence electrons. The molecule has 1 aromatic heterocycles. The van der Waals surface area contributed by atoms with Gasteiger partial charge in [-0.15, -0.1) is 0 Å². The van der Waals surface area contributed by atoms with Crippen molar-refractivity contribution in [3.63, 3.8) is 0 Å². The van der Waals surface area contributed by atoms with Crippen molar-refractivity contribution in [3.05, 3.63) is 46.6 Å². The van der Waals surface area contributed by atoms with E-state index in [4.69, 9.17) is 22.7 Å². The molecule has 0 atom stereocenters. The molecular formula is C13H12BrN3OS. The lowest BCUT2D eigenvalue weighted by Gasteiger charge is -2.09. The van der Waals surface area contributed by atoms with Crippen LogP contribution in [0.1, 0.15) is 5.56 Å². The average molecular weight is 338 g/mol. The van der Waals surface area contributed by atoms with Crippen molar-refractivity contribution >= 4 is 44.5 Å². The number of ether oxygens (including phenoxy) is 1. The number of halogens is 1. The van der Waals surface area contributed by atoms with E-state index < -0.39 is 0 Å². The van der Waals surface area contributed by atoms with Crippen LogP contribution in [0.2, 0.25) is 0 Å². The van der Waals surface area contributed by atoms with Crippen molar-refractivity contribution < 1.29 is 4.74 Å². The lowest BCUT2D eigenvalue weighted by atomic mass is 10.2. The molecule has 19 heavy (non-hydrogen) atoms. The van der Waals surface area contributed by atoms with Gasteiger partial charge in [0.1, 0.15) is 4.99 Å². The first-order valence-electron chi connectivity index (χ1n) is 5.46. The van der Waals surface area contributed by atoms with Gasteiger partial charge in [-0.1, -0.05) is 12.2 Å². The van der Waals surface area contributed by atoms with Gasteiger partial charge in [0.25, 0.3) is 0 Å². The van der Waals surface area contributed by atoms with Crippen LogP contribution < -0.4 is 15.8 Å². The zero-order valence-electron chi connectivity index (χ0n) is 10.2. The minimum absolute atomic E-state index is 0.365. The average Bonchev–Trinajstić information content (AvgIpc) is 2.39. The molecule has 0 fully saturated rings. The molecule has 0 saturated carbocycles. The Kier molecular flexibility index (Phi) is 4.34. The largest absolute Gasteiger partial charge is 0.481 e. The van der Waals surface area contributed by atoms with E-state index in [2.05, 4.69) is 26.2 Å². The Morgan fingerprint density at radius 2 is 2.05 bits per heavy atom. The molecule has 4 nitrogen and oxygen atoms in total. The van der Waals surface area contributed by atoms with E-state index in [1.165, 1.54) is 0 Å². The summed E-state index contributed by atoms with van der Waals surface area (Å²) in [5.41, 5.74) is 8.21. The van der Waals surface area contributed by atoms with Gasteiger partial charge in [0, 0.05) is 21.8 Å². The molecule has 2 aromatic rings. The van der Waals surface area contributed by atoms with Crippen LogP contribution >= 0.6 is 28.1 Å². The van der Waals surface area contributed by atoms with E-state index in [1.807, 2.05) is 24.3 Å². The molecule has 0 amide bonds. The van der Waals surface area contributed by atoms with Gasteiger partial charge in [0.15, 0.2) is 0 Å². The van der Waals surface area contributed by atoms with E-state index in [0.717, 1.165) is 21.4 Å². The highest BCUT2D eigenvalue weighted by Gasteiger charge is 2.04. The number of hydrogen-bond acceptors (Lipinski definition) is 4. The van der Waals surface area contributed by atoms with Crippen LogP contribution in [-0.4, -0.2) is 17.1 Å². The topological polar surface area (TPSA) is 60.2 Å². The van der Waals surface area contributed by atoms with Crippen LogP contribution in [-0.2, 0) is 0 Å². The lowest BCUT2D eigenvalue weighted by Crippen LogP contribution is -2.10. The predicted molar refractivity (Wildman–Crippen MR) is 84.1 cm³/mol. The molecule has 2 rings (SSSR count). The summed E-state index contributed by atoms with van der Waals surface area (Å²) < 4.78 is 5.86. The summed E-state index contributed by atoms with van der Waals surface area (Å²) in [5.74, 6) is 0.579. The summed E-state index contributed by atoms with van der Waals surface area (Å²) in [6, 6.07) is 9.37. The Hall–Kier alpha value is -1.66. The molecule has 0 aliphatic heterocycles. The number of benzene rings is 1. The Morgan fingerprint density at radius 3 is 2.58 bits per heavy atom. The zero-order valence-corrected chi connectivity index (χ0v) is 12.6. The third-order valence-electron chi connectivity index (χ3n) is 2.47. The molecule has 3 N–H and O–H groups in total. The summed E-state index contributed by atoms with van der Waals surface area (Å²) in [6.45, 7) is 0. The fourth-order valence-corrected chi connectivity index (χ4v) is 2.44. The fraction of sp³-hybridized carbons (Fsp3) is 0.0769. The highest BCUT2D eigenvalue weighted by molar-refractivity contribution is 9.10. The van der Waals surface area contributed by atoms with Gasteiger partial charge in [-0.3, -0.25) is 0 Å². The first kappa shape index (κ1) is 13.8. The van der Waals surface area contributed by atoms with Gasteiger partial charge in [-0.2, -0.15) is 0 Å². The maximum atomic E-state index is 5.61. The van der Waals surface area contributed by atoms with Crippen LogP contribution in [0.15, 0.2) is 41.0 Å². The predicted octanol–water partition coefficient (Wildman–Crippen LogP) is 3.23. The van der Waals surface area contributed by atoms with E-state index in [1.54, 1.807) is 19.4 Å². The fourth-order valence-electron chi connectivity index (χ4n) is 1.53. The molecular weight excluding hydrogens is 326 g/mol. The molecule has 6 heteroatoms. The van der Waals surface area contributed by atoms with Crippen LogP contribution in [0.3, 0.4) is 0 Å². The first-order chi connectivity index (χ1) is 9.10. The van der Waals surface area contributed by atoms with E-state index in [-0.39, 0.29) is 0 Å². The number of methoxy groups -OCH3 is 1. The number of pyridine rings is 1. The zero-order chi connectivity index (χ0) is 13.8. The maximum absolute atomic E-state index is 5.61. The SMILES string of the molecule is COc1ccc(Nc2ccc(C(N)=S)c(Br)c2)cn1. The number of thiocarbonyl (C=S) groups is 1. The van der Waals surface area contributed by atoms with Gasteiger partial charge >= 0.3 is 0 Å². The normalized spacial score (nSPS) is 10.0. The Balaban J connectivity index is 2.18. The van der Waals surface area contributed by atoms with Crippen molar-refractivity contribution in [2.45, 2.75) is 0 Å². The maximum Gasteiger partial charge on any atom is 0.213 e. The number of anilines is 2. The molecule has 0 aliphatic carbocycles. The van der Waals surface area contributed by atoms with E-state index in [0.29, 0.717) is 10.9 Å². The Bertz CT molecular complexity index is 601. The van der Waals surface area contributed by atoms with Gasteiger partial charge in [0.2, 0.25) is 5.88 Å². The minimum atomic E-state index is 0.365. The molecule has 0 radical (unpaired) electrons. The van der Waals surface area contributed by atoms with E-state index >= 15 is 0 Å². The molecule has 0 aliphatic rings. The second-order valence-corrected chi connectivity index (χ2v) is 5.07. The van der Waals surface area contributed by atoms with Crippen molar-refractivity contribution in [1.29, 1.82) is 0 Å². The molecule has 1 heterocycles. The summed E-state index contributed by atoms with van der Waals surface area (Å²) in [4.78, 5) is 4.49. The molecule has 0 spiro atoms. The summed E-state index contributed by atoms with van der Waals surface area (Å²) in [7, 11) is 1.58. The number of aromatic nitrogens is 1. The number of nitrogens with one attached hydrogen (secondary N) is 1. The van der Waals surface area contributed by atoms with Crippen molar-refractivity contribution in [3.8, 4) is 5.88 Å². The number of rotatable bonds is 4. The smallest absolute Gasteiger partial charge is 0.213 e. The Labute approximate surface area is 125 Å². The first-order valence-corrected chi connectivity index (χ1v) is 6.66. The van der Waals surface area contributed by atoms with Gasteiger partial charge in [-0.05, 0) is 40.2 Å². The summed E-state index contributed by atoms with van der Waals surface area (Å²) >= 11 is 8.39. The van der Waals surface area contributed by atoms with Crippen molar-refractivity contribution in [2.75, 3.05) is 12.4 Å². The molecule has 1 aromatic carbocycles.